The summed E-state index contributed by atoms with van der Waals surface area (Å²) in [7, 11) is 1.18. The predicted octanol–water partition coefficient (Wildman–Crippen LogP) is 0.133. The molecule has 134 valence electrons. The SMILES string of the molecule is COC(=O)NNC(=O)N[C@H]1CC(=O)N(c2ccc3c(c2)OCCO3)C1. The zero-order valence-electron chi connectivity index (χ0n) is 13.5. The molecule has 0 radical (unpaired) electrons. The summed E-state index contributed by atoms with van der Waals surface area (Å²) in [6.45, 7) is 1.27. The van der Waals surface area contributed by atoms with E-state index in [0.29, 0.717) is 36.9 Å². The van der Waals surface area contributed by atoms with Gasteiger partial charge in [0.1, 0.15) is 13.2 Å². The van der Waals surface area contributed by atoms with E-state index in [-0.39, 0.29) is 18.4 Å². The summed E-state index contributed by atoms with van der Waals surface area (Å²) < 4.78 is 15.3. The average Bonchev–Trinajstić information content (AvgIpc) is 2.99. The molecule has 0 aliphatic carbocycles. The monoisotopic (exact) mass is 350 g/mol. The number of benzene rings is 1. The maximum atomic E-state index is 12.2. The van der Waals surface area contributed by atoms with Crippen LogP contribution in [0.4, 0.5) is 15.3 Å². The molecule has 0 aromatic heterocycles. The number of amides is 4. The number of anilines is 1. The van der Waals surface area contributed by atoms with Crippen molar-refractivity contribution in [3.05, 3.63) is 18.2 Å². The fourth-order valence-corrected chi connectivity index (χ4v) is 2.63. The Balaban J connectivity index is 1.59. The maximum Gasteiger partial charge on any atom is 0.425 e. The zero-order chi connectivity index (χ0) is 17.8. The van der Waals surface area contributed by atoms with Crippen molar-refractivity contribution in [1.29, 1.82) is 0 Å². The number of methoxy groups -OCH3 is 1. The Hall–Kier alpha value is -3.17. The van der Waals surface area contributed by atoms with Crippen LogP contribution in [0.3, 0.4) is 0 Å². The molecule has 0 saturated carbocycles. The highest BCUT2D eigenvalue weighted by Gasteiger charge is 2.32. The summed E-state index contributed by atoms with van der Waals surface area (Å²) >= 11 is 0. The van der Waals surface area contributed by atoms with Crippen LogP contribution in [0.25, 0.3) is 0 Å². The number of hydrogen-bond acceptors (Lipinski definition) is 6. The number of hydrazine groups is 1. The second kappa shape index (κ2) is 7.16. The number of nitrogens with one attached hydrogen (secondary N) is 3. The van der Waals surface area contributed by atoms with Gasteiger partial charge in [0.05, 0.1) is 13.2 Å². The highest BCUT2D eigenvalue weighted by atomic mass is 16.6. The molecule has 3 rings (SSSR count). The lowest BCUT2D eigenvalue weighted by molar-refractivity contribution is -0.117. The number of carbonyl (C=O) groups is 3. The zero-order valence-corrected chi connectivity index (χ0v) is 13.5. The number of fused-ring (bicyclic) bond motifs is 1. The summed E-state index contributed by atoms with van der Waals surface area (Å²) in [5, 5.41) is 2.61. The molecule has 1 atom stereocenters. The fourth-order valence-electron chi connectivity index (χ4n) is 2.63. The van der Waals surface area contributed by atoms with E-state index in [1.54, 1.807) is 23.1 Å². The first-order chi connectivity index (χ1) is 12.1. The second-order valence-corrected chi connectivity index (χ2v) is 5.45. The summed E-state index contributed by atoms with van der Waals surface area (Å²) in [5.41, 5.74) is 4.84. The quantitative estimate of drug-likeness (QED) is 0.653. The van der Waals surface area contributed by atoms with E-state index in [1.807, 2.05) is 5.43 Å². The molecule has 10 heteroatoms. The van der Waals surface area contributed by atoms with E-state index >= 15 is 0 Å². The smallest absolute Gasteiger partial charge is 0.425 e. The molecular formula is C15H18N4O6. The predicted molar refractivity (Wildman–Crippen MR) is 85.4 cm³/mol. The molecule has 1 aromatic rings. The van der Waals surface area contributed by atoms with Crippen molar-refractivity contribution in [3.8, 4) is 11.5 Å². The van der Waals surface area contributed by atoms with Gasteiger partial charge >= 0.3 is 12.1 Å². The standard InChI is InChI=1S/C15H18N4O6/c1-23-15(22)18-17-14(21)16-9-6-13(20)19(8-9)10-2-3-11-12(7-10)25-5-4-24-11/h2-3,7,9H,4-6,8H2,1H3,(H,18,22)(H2,16,17,21)/t9-/m0/s1. The molecule has 2 aliphatic rings. The van der Waals surface area contributed by atoms with E-state index in [1.165, 1.54) is 7.11 Å². The number of rotatable bonds is 2. The first kappa shape index (κ1) is 16.7. The Bertz CT molecular complexity index is 695. The van der Waals surface area contributed by atoms with Crippen LogP contribution in [-0.4, -0.2) is 50.9 Å². The van der Waals surface area contributed by atoms with Gasteiger partial charge in [-0.2, -0.15) is 0 Å². The molecule has 1 saturated heterocycles. The van der Waals surface area contributed by atoms with Crippen LogP contribution >= 0.6 is 0 Å². The molecule has 2 heterocycles. The second-order valence-electron chi connectivity index (χ2n) is 5.45. The van der Waals surface area contributed by atoms with Gasteiger partial charge in [0, 0.05) is 24.7 Å². The van der Waals surface area contributed by atoms with Crippen molar-refractivity contribution in [3.63, 3.8) is 0 Å². The summed E-state index contributed by atoms with van der Waals surface area (Å²) in [5.74, 6) is 1.11. The van der Waals surface area contributed by atoms with Crippen LogP contribution in [0.1, 0.15) is 6.42 Å². The lowest BCUT2D eigenvalue weighted by atomic mass is 10.2. The van der Waals surface area contributed by atoms with Crippen molar-refractivity contribution in [1.82, 2.24) is 16.2 Å². The van der Waals surface area contributed by atoms with E-state index in [0.717, 1.165) is 0 Å². The number of urea groups is 1. The van der Waals surface area contributed by atoms with E-state index < -0.39 is 12.1 Å². The van der Waals surface area contributed by atoms with Crippen molar-refractivity contribution >= 4 is 23.7 Å². The summed E-state index contributed by atoms with van der Waals surface area (Å²) in [6.07, 6.45) is -0.643. The van der Waals surface area contributed by atoms with Gasteiger partial charge in [-0.05, 0) is 12.1 Å². The Kier molecular flexibility index (Phi) is 4.78. The minimum absolute atomic E-state index is 0.122. The van der Waals surface area contributed by atoms with Crippen molar-refractivity contribution in [2.45, 2.75) is 12.5 Å². The van der Waals surface area contributed by atoms with Gasteiger partial charge in [-0.3, -0.25) is 4.79 Å². The van der Waals surface area contributed by atoms with Crippen LogP contribution in [0.15, 0.2) is 18.2 Å². The molecule has 1 fully saturated rings. The van der Waals surface area contributed by atoms with Crippen molar-refractivity contribution in [2.24, 2.45) is 0 Å². The number of ether oxygens (including phenoxy) is 3. The largest absolute Gasteiger partial charge is 0.486 e. The fraction of sp³-hybridized carbons (Fsp3) is 0.400. The molecule has 0 unspecified atom stereocenters. The van der Waals surface area contributed by atoms with Gasteiger partial charge in [-0.1, -0.05) is 0 Å². The third kappa shape index (κ3) is 3.84. The molecule has 10 nitrogen and oxygen atoms in total. The van der Waals surface area contributed by atoms with Crippen LogP contribution in [0.5, 0.6) is 11.5 Å². The molecule has 0 spiro atoms. The van der Waals surface area contributed by atoms with Crippen LogP contribution < -0.4 is 30.5 Å². The Morgan fingerprint density at radius 2 is 1.96 bits per heavy atom. The highest BCUT2D eigenvalue weighted by molar-refractivity contribution is 5.97. The number of hydrogen-bond donors (Lipinski definition) is 3. The van der Waals surface area contributed by atoms with Gasteiger partial charge < -0.3 is 24.4 Å². The Labute approximate surface area is 143 Å². The first-order valence-corrected chi connectivity index (χ1v) is 7.67. The molecule has 4 amide bonds. The molecule has 25 heavy (non-hydrogen) atoms. The Morgan fingerprint density at radius 1 is 1.20 bits per heavy atom. The number of nitrogens with zero attached hydrogens (tertiary/aromatic N) is 1. The third-order valence-corrected chi connectivity index (χ3v) is 3.76. The van der Waals surface area contributed by atoms with Gasteiger partial charge in [0.2, 0.25) is 5.91 Å². The minimum atomic E-state index is -0.796. The topological polar surface area (TPSA) is 118 Å². The first-order valence-electron chi connectivity index (χ1n) is 7.67. The van der Waals surface area contributed by atoms with Crippen LogP contribution in [-0.2, 0) is 9.53 Å². The van der Waals surface area contributed by atoms with Gasteiger partial charge in [-0.25, -0.2) is 20.4 Å². The van der Waals surface area contributed by atoms with Gasteiger partial charge in [0.25, 0.3) is 0 Å². The van der Waals surface area contributed by atoms with Crippen LogP contribution in [0.2, 0.25) is 0 Å². The van der Waals surface area contributed by atoms with Crippen molar-refractivity contribution < 1.29 is 28.6 Å². The normalized spacial score (nSPS) is 18.5. The molecule has 3 N–H and O–H groups in total. The van der Waals surface area contributed by atoms with E-state index in [9.17, 15) is 14.4 Å². The Morgan fingerprint density at radius 3 is 2.72 bits per heavy atom. The maximum absolute atomic E-state index is 12.2. The minimum Gasteiger partial charge on any atom is -0.486 e. The number of carbonyl (C=O) groups excluding carboxylic acids is 3. The van der Waals surface area contributed by atoms with Crippen molar-refractivity contribution in [2.75, 3.05) is 31.8 Å². The summed E-state index contributed by atoms with van der Waals surface area (Å²) in [6, 6.07) is 4.25. The lowest BCUT2D eigenvalue weighted by Gasteiger charge is -2.22. The van der Waals surface area contributed by atoms with E-state index in [4.69, 9.17) is 9.47 Å². The highest BCUT2D eigenvalue weighted by Crippen LogP contribution is 2.35. The van der Waals surface area contributed by atoms with Gasteiger partial charge in [0.15, 0.2) is 11.5 Å². The van der Waals surface area contributed by atoms with Gasteiger partial charge in [-0.15, -0.1) is 0 Å². The molecular weight excluding hydrogens is 332 g/mol. The summed E-state index contributed by atoms with van der Waals surface area (Å²) in [4.78, 5) is 36.4. The average molecular weight is 350 g/mol. The van der Waals surface area contributed by atoms with E-state index in [2.05, 4.69) is 15.5 Å². The molecule has 1 aromatic carbocycles. The molecule has 0 bridgehead atoms. The lowest BCUT2D eigenvalue weighted by Crippen LogP contribution is -2.50. The molecule has 2 aliphatic heterocycles. The third-order valence-electron chi connectivity index (χ3n) is 3.76. The van der Waals surface area contributed by atoms with Crippen LogP contribution in [0, 0.1) is 0 Å².